The van der Waals surface area contributed by atoms with Crippen LogP contribution < -0.4 is 4.74 Å². The summed E-state index contributed by atoms with van der Waals surface area (Å²) < 4.78 is 5.27. The number of nitrogens with zero attached hydrogens (tertiary/aromatic N) is 2. The molecule has 0 saturated carbocycles. The lowest BCUT2D eigenvalue weighted by Crippen LogP contribution is -2.38. The summed E-state index contributed by atoms with van der Waals surface area (Å²) in [5.41, 5.74) is 2.18. The zero-order valence-corrected chi connectivity index (χ0v) is 20.1. The van der Waals surface area contributed by atoms with E-state index in [1.165, 1.54) is 4.88 Å². The normalized spacial score (nSPS) is 14.6. The molecular weight excluding hydrogens is 434 g/mol. The lowest BCUT2D eigenvalue weighted by Gasteiger charge is -2.28. The van der Waals surface area contributed by atoms with Crippen molar-refractivity contribution in [2.75, 3.05) is 26.7 Å². The molecular formula is C26H31N3O3S. The summed E-state index contributed by atoms with van der Waals surface area (Å²) in [7, 11) is 1.66. The fraction of sp³-hybridized carbons (Fsp3) is 0.385. The number of carbonyl (C=O) groups excluding carboxylic acids is 2. The van der Waals surface area contributed by atoms with Crippen LogP contribution in [0.3, 0.4) is 0 Å². The number of methoxy groups -OCH3 is 1. The number of carbonyl (C=O) groups is 2. The van der Waals surface area contributed by atoms with E-state index in [4.69, 9.17) is 4.74 Å². The van der Waals surface area contributed by atoms with E-state index >= 15 is 0 Å². The van der Waals surface area contributed by atoms with Gasteiger partial charge in [0.15, 0.2) is 5.78 Å². The molecule has 1 saturated heterocycles. The SMILES string of the molecule is COc1ccc(CN(CC(=O)c2c[nH]c(C(=O)N3CCCC3)c2)C(C)Cc2cccs2)cc1. The molecule has 3 heterocycles. The van der Waals surface area contributed by atoms with E-state index in [2.05, 4.69) is 34.3 Å². The van der Waals surface area contributed by atoms with Gasteiger partial charge >= 0.3 is 0 Å². The van der Waals surface area contributed by atoms with Crippen molar-refractivity contribution in [1.82, 2.24) is 14.8 Å². The summed E-state index contributed by atoms with van der Waals surface area (Å²) in [6.45, 7) is 4.68. The summed E-state index contributed by atoms with van der Waals surface area (Å²) >= 11 is 1.74. The van der Waals surface area contributed by atoms with Gasteiger partial charge in [-0.15, -0.1) is 11.3 Å². The molecule has 1 amide bonds. The van der Waals surface area contributed by atoms with Gasteiger partial charge in [-0.05, 0) is 61.4 Å². The summed E-state index contributed by atoms with van der Waals surface area (Å²) in [4.78, 5) is 34.2. The van der Waals surface area contributed by atoms with Gasteiger partial charge in [-0.25, -0.2) is 0 Å². The van der Waals surface area contributed by atoms with Gasteiger partial charge in [0.25, 0.3) is 5.91 Å². The Kier molecular flexibility index (Phi) is 7.62. The molecule has 1 unspecified atom stereocenters. The first-order chi connectivity index (χ1) is 16.0. The summed E-state index contributed by atoms with van der Waals surface area (Å²) in [5, 5.41) is 2.08. The average Bonchev–Trinajstić information content (AvgIpc) is 3.61. The third kappa shape index (κ3) is 5.92. The minimum atomic E-state index is -0.0206. The van der Waals surface area contributed by atoms with Crippen LogP contribution in [-0.4, -0.2) is 59.3 Å². The number of likely N-dealkylation sites (tertiary alicyclic amines) is 1. The third-order valence-electron chi connectivity index (χ3n) is 6.22. The Hall–Kier alpha value is -2.90. The van der Waals surface area contributed by atoms with Crippen LogP contribution in [0.1, 0.15) is 51.1 Å². The van der Waals surface area contributed by atoms with E-state index in [1.54, 1.807) is 30.7 Å². The first-order valence-corrected chi connectivity index (χ1v) is 12.3. The molecule has 1 N–H and O–H groups in total. The molecule has 6 nitrogen and oxygen atoms in total. The molecule has 0 bridgehead atoms. The second-order valence-corrected chi connectivity index (χ2v) is 9.64. The highest BCUT2D eigenvalue weighted by Crippen LogP contribution is 2.20. The Morgan fingerprint density at radius 1 is 1.18 bits per heavy atom. The smallest absolute Gasteiger partial charge is 0.270 e. The number of aromatic nitrogens is 1. The number of amides is 1. The second-order valence-electron chi connectivity index (χ2n) is 8.61. The molecule has 1 aliphatic heterocycles. The fourth-order valence-electron chi connectivity index (χ4n) is 4.23. The van der Waals surface area contributed by atoms with Gasteiger partial charge in [0.2, 0.25) is 0 Å². The van der Waals surface area contributed by atoms with Crippen LogP contribution in [0.5, 0.6) is 5.75 Å². The first-order valence-electron chi connectivity index (χ1n) is 11.4. The lowest BCUT2D eigenvalue weighted by atomic mass is 10.1. The van der Waals surface area contributed by atoms with Crippen molar-refractivity contribution in [3.05, 3.63) is 75.7 Å². The summed E-state index contributed by atoms with van der Waals surface area (Å²) in [6, 6.07) is 14.1. The highest BCUT2D eigenvalue weighted by molar-refractivity contribution is 7.09. The van der Waals surface area contributed by atoms with Crippen LogP contribution in [0, 0.1) is 0 Å². The minimum absolute atomic E-state index is 0.0123. The second kappa shape index (κ2) is 10.8. The average molecular weight is 466 g/mol. The molecule has 0 aliphatic carbocycles. The first kappa shape index (κ1) is 23.3. The molecule has 1 aromatic carbocycles. The van der Waals surface area contributed by atoms with Crippen LogP contribution in [0.4, 0.5) is 0 Å². The number of ketones is 1. The Balaban J connectivity index is 1.47. The number of hydrogen-bond donors (Lipinski definition) is 1. The zero-order valence-electron chi connectivity index (χ0n) is 19.3. The van der Waals surface area contributed by atoms with Crippen molar-refractivity contribution < 1.29 is 14.3 Å². The summed E-state index contributed by atoms with van der Waals surface area (Å²) in [6.07, 6.45) is 4.63. The molecule has 4 rings (SSSR count). The Morgan fingerprint density at radius 3 is 2.61 bits per heavy atom. The van der Waals surface area contributed by atoms with Crippen molar-refractivity contribution in [2.24, 2.45) is 0 Å². The molecule has 1 atom stereocenters. The molecule has 1 aliphatic rings. The number of ether oxygens (including phenoxy) is 1. The number of thiophene rings is 1. The maximum Gasteiger partial charge on any atom is 0.270 e. The van der Waals surface area contributed by atoms with Gasteiger partial charge in [0.05, 0.1) is 13.7 Å². The number of aromatic amines is 1. The van der Waals surface area contributed by atoms with Gasteiger partial charge in [-0.2, -0.15) is 0 Å². The molecule has 33 heavy (non-hydrogen) atoms. The van der Waals surface area contributed by atoms with Gasteiger partial charge in [0, 0.05) is 42.3 Å². The molecule has 0 spiro atoms. The molecule has 3 aromatic rings. The molecule has 1 fully saturated rings. The van der Waals surface area contributed by atoms with Crippen molar-refractivity contribution in [2.45, 2.75) is 38.8 Å². The number of H-pyrrole nitrogens is 1. The van der Waals surface area contributed by atoms with Crippen LogP contribution in [0.15, 0.2) is 54.0 Å². The van der Waals surface area contributed by atoms with Crippen molar-refractivity contribution in [3.63, 3.8) is 0 Å². The molecule has 0 radical (unpaired) electrons. The maximum absolute atomic E-state index is 13.2. The van der Waals surface area contributed by atoms with E-state index in [9.17, 15) is 9.59 Å². The van der Waals surface area contributed by atoms with Gasteiger partial charge in [-0.3, -0.25) is 14.5 Å². The van der Waals surface area contributed by atoms with Crippen LogP contribution in [0.25, 0.3) is 0 Å². The monoisotopic (exact) mass is 465 g/mol. The quantitative estimate of drug-likeness (QED) is 0.443. The van der Waals surface area contributed by atoms with Gasteiger partial charge in [-0.1, -0.05) is 18.2 Å². The van der Waals surface area contributed by atoms with E-state index in [0.29, 0.717) is 17.8 Å². The van der Waals surface area contributed by atoms with Crippen molar-refractivity contribution in [1.29, 1.82) is 0 Å². The highest BCUT2D eigenvalue weighted by atomic mass is 32.1. The van der Waals surface area contributed by atoms with Crippen molar-refractivity contribution in [3.8, 4) is 5.75 Å². The van der Waals surface area contributed by atoms with Crippen LogP contribution in [-0.2, 0) is 13.0 Å². The number of nitrogens with one attached hydrogen (secondary N) is 1. The van der Waals surface area contributed by atoms with E-state index < -0.39 is 0 Å². The zero-order chi connectivity index (χ0) is 23.2. The lowest BCUT2D eigenvalue weighted by molar-refractivity contribution is 0.0787. The number of hydrogen-bond acceptors (Lipinski definition) is 5. The molecule has 7 heteroatoms. The van der Waals surface area contributed by atoms with Gasteiger partial charge < -0.3 is 14.6 Å². The predicted octanol–water partition coefficient (Wildman–Crippen LogP) is 4.64. The maximum atomic E-state index is 13.2. The number of rotatable bonds is 10. The number of benzene rings is 1. The number of Topliss-reactive ketones (excluding diaryl/α,β-unsaturated/α-hetero) is 1. The Labute approximate surface area is 199 Å². The third-order valence-corrected chi connectivity index (χ3v) is 7.12. The summed E-state index contributed by atoms with van der Waals surface area (Å²) in [5.74, 6) is 0.807. The van der Waals surface area contributed by atoms with E-state index in [0.717, 1.165) is 43.7 Å². The molecule has 2 aromatic heterocycles. The van der Waals surface area contributed by atoms with E-state index in [1.807, 2.05) is 29.2 Å². The largest absolute Gasteiger partial charge is 0.497 e. The topological polar surface area (TPSA) is 65.6 Å². The fourth-order valence-corrected chi connectivity index (χ4v) is 5.05. The van der Waals surface area contributed by atoms with E-state index in [-0.39, 0.29) is 24.3 Å². The van der Waals surface area contributed by atoms with Gasteiger partial charge in [0.1, 0.15) is 11.4 Å². The Bertz CT molecular complexity index is 1050. The minimum Gasteiger partial charge on any atom is -0.497 e. The van der Waals surface area contributed by atoms with Crippen molar-refractivity contribution >= 4 is 23.0 Å². The predicted molar refractivity (Wildman–Crippen MR) is 131 cm³/mol. The van der Waals surface area contributed by atoms with Crippen LogP contribution >= 0.6 is 11.3 Å². The Morgan fingerprint density at radius 2 is 1.94 bits per heavy atom. The highest BCUT2D eigenvalue weighted by Gasteiger charge is 2.24. The van der Waals surface area contributed by atoms with Crippen LogP contribution in [0.2, 0.25) is 0 Å². The standard InChI is InChI=1S/C26H31N3O3S/c1-19(14-23-6-5-13-33-23)29(17-20-7-9-22(32-2)10-8-20)18-25(30)21-15-24(27-16-21)26(31)28-11-3-4-12-28/h5-10,13,15-16,19,27H,3-4,11-12,14,17-18H2,1-2H3. The molecule has 174 valence electrons.